The lowest BCUT2D eigenvalue weighted by atomic mass is 10.0. The van der Waals surface area contributed by atoms with E-state index in [-0.39, 0.29) is 35.3 Å². The monoisotopic (exact) mass is 500 g/mol. The number of amides is 4. The highest BCUT2D eigenvalue weighted by Gasteiger charge is 2.28. The van der Waals surface area contributed by atoms with Gasteiger partial charge in [-0.15, -0.1) is 0 Å². The Labute approximate surface area is 189 Å². The zero-order valence-electron chi connectivity index (χ0n) is 16.7. The van der Waals surface area contributed by atoms with Gasteiger partial charge in [0.1, 0.15) is 11.9 Å². The molecule has 1 unspecified atom stereocenters. The maximum Gasteiger partial charge on any atom is 0.319 e. The summed E-state index contributed by atoms with van der Waals surface area (Å²) in [5.41, 5.74) is 0.756. The van der Waals surface area contributed by atoms with Gasteiger partial charge in [-0.1, -0.05) is 12.1 Å². The smallest absolute Gasteiger partial charge is 0.319 e. The molecule has 0 aliphatic carbocycles. The lowest BCUT2D eigenvalue weighted by molar-refractivity contribution is -0.135. The fourth-order valence-corrected chi connectivity index (χ4v) is 3.91. The number of hydrogen-bond acceptors (Lipinski definition) is 4. The minimum absolute atomic E-state index is 0.150. The number of carbonyl (C=O) groups excluding carboxylic acids is 3. The zero-order valence-corrected chi connectivity index (χ0v) is 18.2. The Morgan fingerprint density at radius 3 is 2.72 bits per heavy atom. The van der Waals surface area contributed by atoms with Crippen molar-refractivity contribution in [3.8, 4) is 0 Å². The summed E-state index contributed by atoms with van der Waals surface area (Å²) in [4.78, 5) is 48.7. The summed E-state index contributed by atoms with van der Waals surface area (Å²) in [6.45, 7) is 0.150. The number of carbonyl (C=O) groups is 3. The summed E-state index contributed by atoms with van der Waals surface area (Å²) in [7, 11) is 0. The molecule has 8 nitrogen and oxygen atoms in total. The van der Waals surface area contributed by atoms with Crippen molar-refractivity contribution < 1.29 is 18.8 Å². The van der Waals surface area contributed by atoms with Crippen LogP contribution in [0.25, 0.3) is 10.8 Å². The number of halogens is 2. The Balaban J connectivity index is 1.50. The fourth-order valence-electron chi connectivity index (χ4n) is 3.54. The summed E-state index contributed by atoms with van der Waals surface area (Å²) in [6.07, 6.45) is 1.98. The number of urea groups is 1. The lowest BCUT2D eigenvalue weighted by Crippen LogP contribution is -2.44. The SMILES string of the molecule is O=C1CCC(n2ccc3ccc(CNC(=O)Nc4ccc(F)c(Br)c4)cc3c2=O)C(=O)N1. The molecule has 1 atom stereocenters. The van der Waals surface area contributed by atoms with Gasteiger partial charge in [-0.2, -0.15) is 0 Å². The third-order valence-electron chi connectivity index (χ3n) is 5.17. The summed E-state index contributed by atoms with van der Waals surface area (Å²) in [5, 5.41) is 8.65. The average Bonchev–Trinajstić information content (AvgIpc) is 2.76. The quantitative estimate of drug-likeness (QED) is 0.477. The van der Waals surface area contributed by atoms with Crippen molar-refractivity contribution in [3.63, 3.8) is 0 Å². The molecule has 0 bridgehead atoms. The fraction of sp³-hybridized carbons (Fsp3) is 0.182. The molecule has 2 aromatic carbocycles. The van der Waals surface area contributed by atoms with E-state index in [9.17, 15) is 23.6 Å². The lowest BCUT2D eigenvalue weighted by Gasteiger charge is -2.23. The van der Waals surface area contributed by atoms with E-state index in [0.29, 0.717) is 22.0 Å². The van der Waals surface area contributed by atoms with Gasteiger partial charge >= 0.3 is 6.03 Å². The van der Waals surface area contributed by atoms with Crippen LogP contribution < -0.4 is 21.5 Å². The number of hydrogen-bond donors (Lipinski definition) is 3. The number of nitrogens with zero attached hydrogens (tertiary/aromatic N) is 1. The van der Waals surface area contributed by atoms with Crippen LogP contribution in [-0.2, 0) is 16.1 Å². The molecule has 3 aromatic rings. The van der Waals surface area contributed by atoms with Crippen molar-refractivity contribution in [1.82, 2.24) is 15.2 Å². The summed E-state index contributed by atoms with van der Waals surface area (Å²) in [5.74, 6) is -1.28. The molecule has 164 valence electrons. The number of rotatable bonds is 4. The Morgan fingerprint density at radius 1 is 1.16 bits per heavy atom. The zero-order chi connectivity index (χ0) is 22.8. The number of aromatic nitrogens is 1. The van der Waals surface area contributed by atoms with Gasteiger partial charge in [-0.05, 0) is 63.6 Å². The van der Waals surface area contributed by atoms with Crippen molar-refractivity contribution in [3.05, 3.63) is 74.9 Å². The summed E-state index contributed by atoms with van der Waals surface area (Å²) < 4.78 is 14.9. The number of anilines is 1. The highest BCUT2D eigenvalue weighted by atomic mass is 79.9. The average molecular weight is 501 g/mol. The standard InChI is InChI=1S/C22H18BrFN4O4/c23-16-10-14(3-4-17(16)24)26-22(32)25-11-12-1-2-13-7-8-28(21(31)15(13)9-12)18-5-6-19(29)27-20(18)30/h1-4,7-10,18H,5-6,11H2,(H2,25,26,32)(H,27,29,30). The molecule has 10 heteroatoms. The van der Waals surface area contributed by atoms with E-state index in [1.807, 2.05) is 0 Å². The minimum atomic E-state index is -0.743. The molecular weight excluding hydrogens is 483 g/mol. The Hall–Kier alpha value is -3.53. The van der Waals surface area contributed by atoms with Crippen molar-refractivity contribution in [2.45, 2.75) is 25.4 Å². The second-order valence-corrected chi connectivity index (χ2v) is 8.21. The van der Waals surface area contributed by atoms with Gasteiger partial charge < -0.3 is 15.2 Å². The van der Waals surface area contributed by atoms with E-state index in [4.69, 9.17) is 0 Å². The van der Waals surface area contributed by atoms with E-state index >= 15 is 0 Å². The van der Waals surface area contributed by atoms with Gasteiger partial charge in [0.05, 0.1) is 4.47 Å². The maximum absolute atomic E-state index is 13.3. The van der Waals surface area contributed by atoms with Crippen LogP contribution >= 0.6 is 15.9 Å². The molecule has 1 fully saturated rings. The van der Waals surface area contributed by atoms with Crippen LogP contribution in [0.2, 0.25) is 0 Å². The molecule has 32 heavy (non-hydrogen) atoms. The molecule has 3 N–H and O–H groups in total. The molecule has 2 heterocycles. The normalized spacial score (nSPS) is 16.0. The molecule has 1 aliphatic heterocycles. The van der Waals surface area contributed by atoms with Crippen LogP contribution in [0, 0.1) is 5.82 Å². The third kappa shape index (κ3) is 4.54. The van der Waals surface area contributed by atoms with Crippen LogP contribution in [0.1, 0.15) is 24.4 Å². The second kappa shape index (κ2) is 8.91. The van der Waals surface area contributed by atoms with Crippen molar-refractivity contribution in [2.24, 2.45) is 0 Å². The van der Waals surface area contributed by atoms with Crippen LogP contribution in [0.5, 0.6) is 0 Å². The molecule has 4 amide bonds. The Kier molecular flexibility index (Phi) is 6.04. The number of imide groups is 1. The Bertz CT molecular complexity index is 1310. The molecule has 1 aliphatic rings. The van der Waals surface area contributed by atoms with E-state index in [1.54, 1.807) is 30.5 Å². The van der Waals surface area contributed by atoms with E-state index in [1.165, 1.54) is 22.8 Å². The minimum Gasteiger partial charge on any atom is -0.334 e. The number of nitrogens with one attached hydrogen (secondary N) is 3. The largest absolute Gasteiger partial charge is 0.334 e. The van der Waals surface area contributed by atoms with Gasteiger partial charge in [0.2, 0.25) is 11.8 Å². The highest BCUT2D eigenvalue weighted by Crippen LogP contribution is 2.21. The van der Waals surface area contributed by atoms with Crippen LogP contribution in [0.15, 0.2) is 57.9 Å². The summed E-state index contributed by atoms with van der Waals surface area (Å²) in [6, 6.07) is 9.83. The van der Waals surface area contributed by atoms with E-state index in [2.05, 4.69) is 31.9 Å². The Morgan fingerprint density at radius 2 is 1.97 bits per heavy atom. The predicted molar refractivity (Wildman–Crippen MR) is 120 cm³/mol. The van der Waals surface area contributed by atoms with Crippen LogP contribution in [0.4, 0.5) is 14.9 Å². The predicted octanol–water partition coefficient (Wildman–Crippen LogP) is 3.20. The third-order valence-corrected chi connectivity index (χ3v) is 5.78. The molecule has 1 aromatic heterocycles. The number of fused-ring (bicyclic) bond motifs is 1. The second-order valence-electron chi connectivity index (χ2n) is 7.35. The molecule has 1 saturated heterocycles. The molecular formula is C22H18BrFN4O4. The maximum atomic E-state index is 13.3. The van der Waals surface area contributed by atoms with Crippen LogP contribution in [-0.4, -0.2) is 22.4 Å². The van der Waals surface area contributed by atoms with Gasteiger partial charge in [-0.3, -0.25) is 19.7 Å². The number of piperidine rings is 1. The molecule has 4 rings (SSSR count). The van der Waals surface area contributed by atoms with Gasteiger partial charge in [0, 0.05) is 30.2 Å². The number of pyridine rings is 1. The first-order valence-corrected chi connectivity index (χ1v) is 10.6. The van der Waals surface area contributed by atoms with E-state index in [0.717, 1.165) is 0 Å². The molecule has 0 saturated carbocycles. The van der Waals surface area contributed by atoms with Crippen molar-refractivity contribution >= 4 is 50.2 Å². The van der Waals surface area contributed by atoms with Gasteiger partial charge in [0.25, 0.3) is 5.56 Å². The molecule has 0 radical (unpaired) electrons. The first kappa shape index (κ1) is 21.7. The van der Waals surface area contributed by atoms with Crippen molar-refractivity contribution in [1.29, 1.82) is 0 Å². The molecule has 0 spiro atoms. The van der Waals surface area contributed by atoms with E-state index < -0.39 is 23.8 Å². The number of benzene rings is 2. The first-order chi connectivity index (χ1) is 15.3. The van der Waals surface area contributed by atoms with Crippen LogP contribution in [0.3, 0.4) is 0 Å². The van der Waals surface area contributed by atoms with Gasteiger partial charge in [-0.25, -0.2) is 9.18 Å². The highest BCUT2D eigenvalue weighted by molar-refractivity contribution is 9.10. The first-order valence-electron chi connectivity index (χ1n) is 9.79. The van der Waals surface area contributed by atoms with Gasteiger partial charge in [0.15, 0.2) is 0 Å². The summed E-state index contributed by atoms with van der Waals surface area (Å²) >= 11 is 3.06. The van der Waals surface area contributed by atoms with Crippen molar-refractivity contribution in [2.75, 3.05) is 5.32 Å². The topological polar surface area (TPSA) is 109 Å².